The maximum Gasteiger partial charge on any atom is 0.109 e. The van der Waals surface area contributed by atoms with Gasteiger partial charge in [-0.2, -0.15) is 0 Å². The summed E-state index contributed by atoms with van der Waals surface area (Å²) in [7, 11) is 0. The lowest BCUT2D eigenvalue weighted by molar-refractivity contribution is 0.287. The molecule has 0 saturated heterocycles. The van der Waals surface area contributed by atoms with Crippen molar-refractivity contribution in [3.8, 4) is 0 Å². The first kappa shape index (κ1) is 19.0. The highest BCUT2D eigenvalue weighted by atomic mass is 16.2. The van der Waals surface area contributed by atoms with Crippen molar-refractivity contribution in [3.63, 3.8) is 0 Å². The minimum atomic E-state index is 0.235. The molecule has 0 atom stereocenters. The first-order chi connectivity index (χ1) is 11.7. The Morgan fingerprint density at radius 2 is 1.58 bits per heavy atom. The lowest BCUT2D eigenvalue weighted by atomic mass is 10.1. The molecule has 1 aromatic heterocycles. The van der Waals surface area contributed by atoms with E-state index in [1.54, 1.807) is 0 Å². The maximum atomic E-state index is 9.16. The molecule has 2 rings (SSSR count). The van der Waals surface area contributed by atoms with Crippen LogP contribution < -0.4 is 0 Å². The molecule has 1 aromatic carbocycles. The van der Waals surface area contributed by atoms with Crippen LogP contribution in [-0.4, -0.2) is 21.3 Å². The highest BCUT2D eigenvalue weighted by Gasteiger charge is 2.11. The van der Waals surface area contributed by atoms with Crippen LogP contribution in [0.1, 0.15) is 75.2 Å². The second-order valence-corrected chi connectivity index (χ2v) is 7.05. The molecule has 0 aliphatic rings. The number of hydrogen-bond acceptors (Lipinski definition) is 2. The number of fused-ring (bicyclic) bond motifs is 1. The van der Waals surface area contributed by atoms with E-state index in [2.05, 4.69) is 37.5 Å². The van der Waals surface area contributed by atoms with Gasteiger partial charge in [0.25, 0.3) is 0 Å². The molecule has 0 saturated carbocycles. The average Bonchev–Trinajstić information content (AvgIpc) is 2.89. The van der Waals surface area contributed by atoms with E-state index in [1.165, 1.54) is 61.6 Å². The van der Waals surface area contributed by atoms with Crippen LogP contribution in [0, 0.1) is 13.8 Å². The summed E-state index contributed by atoms with van der Waals surface area (Å²) in [5.41, 5.74) is 5.00. The Hall–Kier alpha value is -1.35. The molecule has 0 amide bonds. The lowest BCUT2D eigenvalue weighted by Gasteiger charge is -2.10. The van der Waals surface area contributed by atoms with Crippen molar-refractivity contribution in [2.45, 2.75) is 85.1 Å². The molecule has 1 heterocycles. The molecule has 134 valence electrons. The Balaban J connectivity index is 2.03. The predicted octanol–water partition coefficient (Wildman–Crippen LogP) is 5.33. The molecular formula is C21H34N2O. The Labute approximate surface area is 147 Å². The SMILES string of the molecule is CCCCCCCCCn1c(CCCO)nc2cc(C)c(C)cc21. The van der Waals surface area contributed by atoms with Gasteiger partial charge in [0.05, 0.1) is 11.0 Å². The Morgan fingerprint density at radius 3 is 2.29 bits per heavy atom. The quantitative estimate of drug-likeness (QED) is 0.566. The van der Waals surface area contributed by atoms with Gasteiger partial charge in [-0.15, -0.1) is 0 Å². The third-order valence-electron chi connectivity index (χ3n) is 4.99. The van der Waals surface area contributed by atoms with Crippen molar-refractivity contribution < 1.29 is 5.11 Å². The van der Waals surface area contributed by atoms with Gasteiger partial charge in [0.15, 0.2) is 0 Å². The van der Waals surface area contributed by atoms with Gasteiger partial charge in [-0.25, -0.2) is 4.98 Å². The molecule has 24 heavy (non-hydrogen) atoms. The monoisotopic (exact) mass is 330 g/mol. The number of aryl methyl sites for hydroxylation is 4. The number of nitrogens with zero attached hydrogens (tertiary/aromatic N) is 2. The van der Waals surface area contributed by atoms with Crippen LogP contribution in [-0.2, 0) is 13.0 Å². The molecule has 0 radical (unpaired) electrons. The van der Waals surface area contributed by atoms with E-state index in [9.17, 15) is 0 Å². The highest BCUT2D eigenvalue weighted by molar-refractivity contribution is 5.78. The van der Waals surface area contributed by atoms with Gasteiger partial charge in [0.2, 0.25) is 0 Å². The molecule has 3 heteroatoms. The van der Waals surface area contributed by atoms with Crippen LogP contribution in [0.5, 0.6) is 0 Å². The summed E-state index contributed by atoms with van der Waals surface area (Å²) < 4.78 is 2.39. The summed E-state index contributed by atoms with van der Waals surface area (Å²) in [6.07, 6.45) is 10.9. The normalized spacial score (nSPS) is 11.5. The van der Waals surface area contributed by atoms with E-state index in [1.807, 2.05) is 0 Å². The van der Waals surface area contributed by atoms with Crippen LogP contribution in [0.3, 0.4) is 0 Å². The molecule has 1 N–H and O–H groups in total. The first-order valence-corrected chi connectivity index (χ1v) is 9.74. The Bertz CT molecular complexity index is 630. The molecule has 2 aromatic rings. The van der Waals surface area contributed by atoms with E-state index < -0.39 is 0 Å². The first-order valence-electron chi connectivity index (χ1n) is 9.74. The fourth-order valence-corrected chi connectivity index (χ4v) is 3.33. The minimum absolute atomic E-state index is 0.235. The smallest absolute Gasteiger partial charge is 0.109 e. The van der Waals surface area contributed by atoms with Gasteiger partial charge in [-0.1, -0.05) is 45.4 Å². The van der Waals surface area contributed by atoms with Gasteiger partial charge in [0, 0.05) is 19.6 Å². The van der Waals surface area contributed by atoms with E-state index in [4.69, 9.17) is 10.1 Å². The van der Waals surface area contributed by atoms with E-state index in [0.717, 1.165) is 30.7 Å². The molecule has 0 fully saturated rings. The summed E-state index contributed by atoms with van der Waals surface area (Å²) in [5, 5.41) is 9.16. The number of aliphatic hydroxyl groups is 1. The van der Waals surface area contributed by atoms with Crippen LogP contribution in [0.25, 0.3) is 11.0 Å². The molecular weight excluding hydrogens is 296 g/mol. The second-order valence-electron chi connectivity index (χ2n) is 7.05. The van der Waals surface area contributed by atoms with Gasteiger partial charge < -0.3 is 9.67 Å². The number of hydrogen-bond donors (Lipinski definition) is 1. The third-order valence-corrected chi connectivity index (χ3v) is 4.99. The van der Waals surface area contributed by atoms with Crippen molar-refractivity contribution in [2.75, 3.05) is 6.61 Å². The summed E-state index contributed by atoms with van der Waals surface area (Å²) in [4.78, 5) is 4.84. The van der Waals surface area contributed by atoms with Crippen molar-refractivity contribution in [2.24, 2.45) is 0 Å². The molecule has 0 spiro atoms. The standard InChI is InChI=1S/C21H34N2O/c1-4-5-6-7-8-9-10-13-23-20-16-18(3)17(2)15-19(20)22-21(23)12-11-14-24/h15-16,24H,4-14H2,1-3H3. The number of benzene rings is 1. The molecule has 0 bridgehead atoms. The topological polar surface area (TPSA) is 38.0 Å². The molecule has 3 nitrogen and oxygen atoms in total. The van der Waals surface area contributed by atoms with Crippen LogP contribution in [0.2, 0.25) is 0 Å². The molecule has 0 aliphatic carbocycles. The minimum Gasteiger partial charge on any atom is -0.396 e. The van der Waals surface area contributed by atoms with Gasteiger partial charge in [-0.05, 0) is 49.9 Å². The maximum absolute atomic E-state index is 9.16. The van der Waals surface area contributed by atoms with E-state index in [0.29, 0.717) is 0 Å². The fourth-order valence-electron chi connectivity index (χ4n) is 3.33. The van der Waals surface area contributed by atoms with Crippen molar-refractivity contribution in [1.82, 2.24) is 9.55 Å². The number of aliphatic hydroxyl groups excluding tert-OH is 1. The second kappa shape index (κ2) is 9.83. The van der Waals surface area contributed by atoms with Crippen molar-refractivity contribution >= 4 is 11.0 Å². The van der Waals surface area contributed by atoms with Gasteiger partial charge in [0.1, 0.15) is 5.82 Å². The number of unbranched alkanes of at least 4 members (excludes halogenated alkanes) is 6. The number of rotatable bonds is 11. The average molecular weight is 331 g/mol. The summed E-state index contributed by atoms with van der Waals surface area (Å²) in [6, 6.07) is 4.48. The zero-order chi connectivity index (χ0) is 17.4. The van der Waals surface area contributed by atoms with Crippen LogP contribution in [0.15, 0.2) is 12.1 Å². The van der Waals surface area contributed by atoms with Gasteiger partial charge in [-0.3, -0.25) is 0 Å². The fraction of sp³-hybridized carbons (Fsp3) is 0.667. The highest BCUT2D eigenvalue weighted by Crippen LogP contribution is 2.22. The van der Waals surface area contributed by atoms with Crippen molar-refractivity contribution in [3.05, 3.63) is 29.1 Å². The Kier molecular flexibility index (Phi) is 7.77. The van der Waals surface area contributed by atoms with Gasteiger partial charge >= 0.3 is 0 Å². The Morgan fingerprint density at radius 1 is 0.917 bits per heavy atom. The number of imidazole rings is 1. The predicted molar refractivity (Wildman–Crippen MR) is 103 cm³/mol. The largest absolute Gasteiger partial charge is 0.396 e. The summed E-state index contributed by atoms with van der Waals surface area (Å²) in [5.74, 6) is 1.13. The zero-order valence-electron chi connectivity index (χ0n) is 15.8. The van der Waals surface area contributed by atoms with Crippen LogP contribution in [0.4, 0.5) is 0 Å². The molecule has 0 unspecified atom stereocenters. The van der Waals surface area contributed by atoms with E-state index in [-0.39, 0.29) is 6.61 Å². The zero-order valence-corrected chi connectivity index (χ0v) is 15.8. The van der Waals surface area contributed by atoms with Crippen molar-refractivity contribution in [1.29, 1.82) is 0 Å². The summed E-state index contributed by atoms with van der Waals surface area (Å²) >= 11 is 0. The van der Waals surface area contributed by atoms with Crippen LogP contribution >= 0.6 is 0 Å². The number of aromatic nitrogens is 2. The molecule has 0 aliphatic heterocycles. The van der Waals surface area contributed by atoms with E-state index >= 15 is 0 Å². The summed E-state index contributed by atoms with van der Waals surface area (Å²) in [6.45, 7) is 7.87. The third kappa shape index (κ3) is 5.07. The lowest BCUT2D eigenvalue weighted by Crippen LogP contribution is -2.05.